The highest BCUT2D eigenvalue weighted by Crippen LogP contribution is 2.22. The molecule has 0 saturated carbocycles. The van der Waals surface area contributed by atoms with Gasteiger partial charge in [0.2, 0.25) is 11.8 Å². The summed E-state index contributed by atoms with van der Waals surface area (Å²) in [7, 11) is 0. The number of aromatic nitrogens is 4. The van der Waals surface area contributed by atoms with Crippen molar-refractivity contribution in [3.63, 3.8) is 0 Å². The average molecular weight is 369 g/mol. The number of carbonyl (C=O) groups is 1. The van der Waals surface area contributed by atoms with Gasteiger partial charge in [0.15, 0.2) is 5.82 Å². The maximum absolute atomic E-state index is 12.5. The van der Waals surface area contributed by atoms with E-state index in [-0.39, 0.29) is 11.9 Å². The van der Waals surface area contributed by atoms with Gasteiger partial charge in [0.1, 0.15) is 5.82 Å². The van der Waals surface area contributed by atoms with E-state index >= 15 is 0 Å². The molecular formula is C20H27N5O2. The fourth-order valence-corrected chi connectivity index (χ4v) is 3.05. The van der Waals surface area contributed by atoms with Crippen LogP contribution in [0.15, 0.2) is 28.8 Å². The van der Waals surface area contributed by atoms with E-state index in [0.29, 0.717) is 36.9 Å². The Balaban J connectivity index is 1.59. The number of amides is 1. The number of rotatable bonds is 9. The average Bonchev–Trinajstić information content (AvgIpc) is 3.27. The first-order valence-corrected chi connectivity index (χ1v) is 9.60. The molecule has 0 radical (unpaired) electrons. The Hall–Kier alpha value is -2.70. The van der Waals surface area contributed by atoms with Gasteiger partial charge in [-0.2, -0.15) is 4.98 Å². The van der Waals surface area contributed by atoms with Crippen LogP contribution in [0, 0.1) is 5.92 Å². The second-order valence-electron chi connectivity index (χ2n) is 7.20. The summed E-state index contributed by atoms with van der Waals surface area (Å²) in [4.78, 5) is 24.7. The first-order chi connectivity index (χ1) is 13.0. The fourth-order valence-electron chi connectivity index (χ4n) is 3.05. The van der Waals surface area contributed by atoms with E-state index in [2.05, 4.69) is 39.3 Å². The van der Waals surface area contributed by atoms with Crippen LogP contribution in [0.25, 0.3) is 11.0 Å². The normalized spacial score (nSPS) is 12.6. The van der Waals surface area contributed by atoms with Crippen LogP contribution in [0.3, 0.4) is 0 Å². The first kappa shape index (κ1) is 19.1. The number of carbonyl (C=O) groups excluding carboxylic acids is 1. The Kier molecular flexibility index (Phi) is 6.21. The summed E-state index contributed by atoms with van der Waals surface area (Å²) in [6.45, 7) is 6.26. The number of nitrogens with zero attached hydrogens (tertiary/aromatic N) is 3. The molecule has 2 aromatic heterocycles. The number of nitrogens with one attached hydrogen (secondary N) is 2. The van der Waals surface area contributed by atoms with Gasteiger partial charge in [-0.15, -0.1) is 0 Å². The molecule has 1 unspecified atom stereocenters. The van der Waals surface area contributed by atoms with Crippen LogP contribution >= 0.6 is 0 Å². The highest BCUT2D eigenvalue weighted by molar-refractivity contribution is 5.77. The van der Waals surface area contributed by atoms with Crippen molar-refractivity contribution in [2.75, 3.05) is 0 Å². The van der Waals surface area contributed by atoms with E-state index in [0.717, 1.165) is 29.7 Å². The number of fused-ring (bicyclic) bond motifs is 1. The van der Waals surface area contributed by atoms with Crippen LogP contribution < -0.4 is 5.32 Å². The van der Waals surface area contributed by atoms with Crippen LogP contribution in [-0.2, 0) is 17.6 Å². The number of aromatic amines is 1. The molecule has 0 aliphatic heterocycles. The summed E-state index contributed by atoms with van der Waals surface area (Å²) in [5.74, 6) is 2.56. The molecular weight excluding hydrogens is 342 g/mol. The number of benzene rings is 1. The van der Waals surface area contributed by atoms with Crippen molar-refractivity contribution in [1.29, 1.82) is 0 Å². The minimum Gasteiger partial charge on any atom is -0.346 e. The summed E-state index contributed by atoms with van der Waals surface area (Å²) in [5.41, 5.74) is 1.90. The molecule has 0 saturated heterocycles. The monoisotopic (exact) mass is 369 g/mol. The molecule has 3 aromatic rings. The lowest BCUT2D eigenvalue weighted by molar-refractivity contribution is -0.122. The highest BCUT2D eigenvalue weighted by atomic mass is 16.5. The summed E-state index contributed by atoms with van der Waals surface area (Å²) >= 11 is 0. The van der Waals surface area contributed by atoms with E-state index in [1.807, 2.05) is 31.2 Å². The van der Waals surface area contributed by atoms with Crippen LogP contribution in [0.5, 0.6) is 0 Å². The number of hydrogen-bond donors (Lipinski definition) is 2. The molecule has 0 fully saturated rings. The third-order valence-electron chi connectivity index (χ3n) is 4.40. The standard InChI is InChI=1S/C20H27N5O2/c1-4-17-24-19(27-25-17)11-7-10-18(26)21-16(12-13(2)3)20-22-14-8-5-6-9-15(14)23-20/h5-6,8-9,13,16H,4,7,10-12H2,1-3H3,(H,21,26)(H,22,23). The van der Waals surface area contributed by atoms with Gasteiger partial charge >= 0.3 is 0 Å². The van der Waals surface area contributed by atoms with E-state index in [1.54, 1.807) is 0 Å². The molecule has 2 N–H and O–H groups in total. The van der Waals surface area contributed by atoms with Crippen molar-refractivity contribution < 1.29 is 9.32 Å². The molecule has 7 nitrogen and oxygen atoms in total. The van der Waals surface area contributed by atoms with E-state index in [4.69, 9.17) is 4.52 Å². The number of imidazole rings is 1. The predicted octanol–water partition coefficient (Wildman–Crippen LogP) is 3.73. The lowest BCUT2D eigenvalue weighted by atomic mass is 10.0. The third kappa shape index (κ3) is 5.15. The number of para-hydroxylation sites is 2. The van der Waals surface area contributed by atoms with Crippen LogP contribution in [0.1, 0.15) is 63.6 Å². The Morgan fingerprint density at radius 3 is 2.78 bits per heavy atom. The van der Waals surface area contributed by atoms with E-state index in [9.17, 15) is 4.79 Å². The minimum atomic E-state index is -0.125. The molecule has 1 atom stereocenters. The van der Waals surface area contributed by atoms with Crippen molar-refractivity contribution in [2.45, 2.75) is 58.9 Å². The molecule has 3 rings (SSSR count). The molecule has 27 heavy (non-hydrogen) atoms. The van der Waals surface area contributed by atoms with Crippen LogP contribution in [0.4, 0.5) is 0 Å². The molecule has 1 amide bonds. The Morgan fingerprint density at radius 2 is 2.07 bits per heavy atom. The van der Waals surface area contributed by atoms with Gasteiger partial charge < -0.3 is 14.8 Å². The second kappa shape index (κ2) is 8.79. The van der Waals surface area contributed by atoms with Crippen LogP contribution in [0.2, 0.25) is 0 Å². The minimum absolute atomic E-state index is 0.0105. The lowest BCUT2D eigenvalue weighted by Gasteiger charge is -2.18. The van der Waals surface area contributed by atoms with Gasteiger partial charge in [0.05, 0.1) is 17.1 Å². The molecule has 144 valence electrons. The Bertz CT molecular complexity index is 850. The number of aryl methyl sites for hydroxylation is 2. The predicted molar refractivity (Wildman–Crippen MR) is 103 cm³/mol. The smallest absolute Gasteiger partial charge is 0.226 e. The Morgan fingerprint density at radius 1 is 1.26 bits per heavy atom. The van der Waals surface area contributed by atoms with Gasteiger partial charge in [0.25, 0.3) is 0 Å². The van der Waals surface area contributed by atoms with Crippen molar-refractivity contribution in [2.24, 2.45) is 5.92 Å². The van der Waals surface area contributed by atoms with Crippen molar-refractivity contribution in [3.8, 4) is 0 Å². The molecule has 0 spiro atoms. The SMILES string of the molecule is CCc1noc(CCCC(=O)NC(CC(C)C)c2nc3ccccc3[nH]2)n1. The molecule has 7 heteroatoms. The summed E-state index contributed by atoms with van der Waals surface area (Å²) < 4.78 is 5.17. The Labute approximate surface area is 159 Å². The maximum Gasteiger partial charge on any atom is 0.226 e. The third-order valence-corrected chi connectivity index (χ3v) is 4.40. The molecule has 0 bridgehead atoms. The number of H-pyrrole nitrogens is 1. The summed E-state index contributed by atoms with van der Waals surface area (Å²) in [5, 5.41) is 7.00. The summed E-state index contributed by atoms with van der Waals surface area (Å²) in [6.07, 6.45) is 3.28. The van der Waals surface area contributed by atoms with Gasteiger partial charge in [-0.25, -0.2) is 4.98 Å². The van der Waals surface area contributed by atoms with Gasteiger partial charge in [-0.3, -0.25) is 4.79 Å². The zero-order chi connectivity index (χ0) is 19.2. The summed E-state index contributed by atoms with van der Waals surface area (Å²) in [6, 6.07) is 7.78. The molecule has 2 heterocycles. The fraction of sp³-hybridized carbons (Fsp3) is 0.500. The number of hydrogen-bond acceptors (Lipinski definition) is 5. The van der Waals surface area contributed by atoms with Gasteiger partial charge in [0, 0.05) is 19.3 Å². The first-order valence-electron chi connectivity index (χ1n) is 9.60. The largest absolute Gasteiger partial charge is 0.346 e. The van der Waals surface area contributed by atoms with Crippen molar-refractivity contribution in [3.05, 3.63) is 41.8 Å². The zero-order valence-electron chi connectivity index (χ0n) is 16.2. The quantitative estimate of drug-likeness (QED) is 0.599. The topological polar surface area (TPSA) is 96.7 Å². The van der Waals surface area contributed by atoms with Gasteiger partial charge in [-0.05, 0) is 30.9 Å². The zero-order valence-corrected chi connectivity index (χ0v) is 16.2. The second-order valence-corrected chi connectivity index (χ2v) is 7.20. The lowest BCUT2D eigenvalue weighted by Crippen LogP contribution is -2.30. The van der Waals surface area contributed by atoms with Crippen LogP contribution in [-0.4, -0.2) is 26.0 Å². The van der Waals surface area contributed by atoms with E-state index in [1.165, 1.54) is 0 Å². The molecule has 0 aliphatic carbocycles. The molecule has 1 aromatic carbocycles. The van der Waals surface area contributed by atoms with Crippen molar-refractivity contribution in [1.82, 2.24) is 25.4 Å². The maximum atomic E-state index is 12.5. The highest BCUT2D eigenvalue weighted by Gasteiger charge is 2.19. The van der Waals surface area contributed by atoms with Gasteiger partial charge in [-0.1, -0.05) is 38.1 Å². The molecule has 0 aliphatic rings. The van der Waals surface area contributed by atoms with Crippen molar-refractivity contribution >= 4 is 16.9 Å². The van der Waals surface area contributed by atoms with E-state index < -0.39 is 0 Å².